The van der Waals surface area contributed by atoms with Crippen molar-refractivity contribution in [2.45, 2.75) is 12.8 Å². The quantitative estimate of drug-likeness (QED) is 0.893. The van der Waals surface area contributed by atoms with Crippen LogP contribution in [0.1, 0.15) is 11.1 Å². The van der Waals surface area contributed by atoms with E-state index in [1.54, 1.807) is 12.1 Å². The van der Waals surface area contributed by atoms with Gasteiger partial charge in [0.05, 0.1) is 5.92 Å². The van der Waals surface area contributed by atoms with Gasteiger partial charge in [0, 0.05) is 4.47 Å². The summed E-state index contributed by atoms with van der Waals surface area (Å²) in [5, 5.41) is 9.33. The average Bonchev–Trinajstić information content (AvgIpc) is 2.38. The fourth-order valence-electron chi connectivity index (χ4n) is 2.14. The van der Waals surface area contributed by atoms with Crippen LogP contribution in [-0.2, 0) is 17.6 Å². The molecule has 4 heteroatoms. The lowest BCUT2D eigenvalue weighted by molar-refractivity contribution is -0.141. The van der Waals surface area contributed by atoms with Gasteiger partial charge in [0.2, 0.25) is 0 Å². The molecule has 0 saturated heterocycles. The predicted octanol–water partition coefficient (Wildman–Crippen LogP) is 4.07. The topological polar surface area (TPSA) is 37.3 Å². The summed E-state index contributed by atoms with van der Waals surface area (Å²) < 4.78 is 14.1. The van der Waals surface area contributed by atoms with Gasteiger partial charge in [-0.2, -0.15) is 0 Å². The van der Waals surface area contributed by atoms with Crippen molar-refractivity contribution in [2.75, 3.05) is 0 Å². The van der Waals surface area contributed by atoms with Crippen LogP contribution in [0.25, 0.3) is 0 Å². The van der Waals surface area contributed by atoms with Crippen LogP contribution in [0.3, 0.4) is 0 Å². The molecule has 0 spiro atoms. The van der Waals surface area contributed by atoms with Crippen LogP contribution in [-0.4, -0.2) is 11.1 Å². The molecule has 0 amide bonds. The van der Waals surface area contributed by atoms with Crippen molar-refractivity contribution in [2.24, 2.45) is 5.92 Å². The van der Waals surface area contributed by atoms with Crippen molar-refractivity contribution in [3.63, 3.8) is 0 Å². The molecule has 0 radical (unpaired) electrons. The predicted molar refractivity (Wildman–Crippen MR) is 79.1 cm³/mol. The Balaban J connectivity index is 2.13. The molecule has 0 heterocycles. The first kappa shape index (κ1) is 14.7. The van der Waals surface area contributed by atoms with E-state index in [1.165, 1.54) is 12.1 Å². The Hall–Kier alpha value is -1.68. The lowest BCUT2D eigenvalue weighted by Gasteiger charge is -2.13. The summed E-state index contributed by atoms with van der Waals surface area (Å²) in [5.41, 5.74) is 1.65. The minimum absolute atomic E-state index is 0.319. The zero-order chi connectivity index (χ0) is 14.5. The lowest BCUT2D eigenvalue weighted by atomic mass is 9.92. The van der Waals surface area contributed by atoms with Crippen molar-refractivity contribution >= 4 is 21.9 Å². The van der Waals surface area contributed by atoms with Gasteiger partial charge in [-0.25, -0.2) is 4.39 Å². The van der Waals surface area contributed by atoms with Crippen LogP contribution in [0.5, 0.6) is 0 Å². The molecule has 104 valence electrons. The number of carbonyl (C=O) groups is 1. The molecule has 0 fully saturated rings. The maximum absolute atomic E-state index is 13.1. The Kier molecular flexibility index (Phi) is 4.90. The summed E-state index contributed by atoms with van der Waals surface area (Å²) in [6.07, 6.45) is 0.741. The van der Waals surface area contributed by atoms with Crippen molar-refractivity contribution < 1.29 is 14.3 Å². The third-order valence-corrected chi connectivity index (χ3v) is 3.58. The largest absolute Gasteiger partial charge is 0.481 e. The number of hydrogen-bond donors (Lipinski definition) is 1. The van der Waals surface area contributed by atoms with Crippen molar-refractivity contribution in [1.82, 2.24) is 0 Å². The maximum Gasteiger partial charge on any atom is 0.307 e. The molecule has 0 aliphatic heterocycles. The molecule has 0 saturated carbocycles. The Bertz CT molecular complexity index is 565. The molecule has 2 aromatic rings. The van der Waals surface area contributed by atoms with Gasteiger partial charge in [-0.05, 0) is 48.2 Å². The van der Waals surface area contributed by atoms with Gasteiger partial charge in [0.25, 0.3) is 0 Å². The van der Waals surface area contributed by atoms with Gasteiger partial charge in [-0.3, -0.25) is 4.79 Å². The first-order valence-electron chi connectivity index (χ1n) is 6.26. The number of carboxylic acids is 1. The second kappa shape index (κ2) is 6.66. The van der Waals surface area contributed by atoms with E-state index >= 15 is 0 Å². The van der Waals surface area contributed by atoms with Gasteiger partial charge >= 0.3 is 5.97 Å². The fourth-order valence-corrected chi connectivity index (χ4v) is 2.59. The van der Waals surface area contributed by atoms with E-state index in [1.807, 2.05) is 24.3 Å². The Morgan fingerprint density at radius 2 is 1.70 bits per heavy atom. The average molecular weight is 337 g/mol. The van der Waals surface area contributed by atoms with Gasteiger partial charge in [0.15, 0.2) is 0 Å². The smallest absolute Gasteiger partial charge is 0.307 e. The van der Waals surface area contributed by atoms with E-state index < -0.39 is 11.9 Å². The molecular weight excluding hydrogens is 323 g/mol. The highest BCUT2D eigenvalue weighted by Crippen LogP contribution is 2.19. The molecule has 2 nitrogen and oxygen atoms in total. The summed E-state index contributed by atoms with van der Waals surface area (Å²) >= 11 is 3.37. The Morgan fingerprint density at radius 1 is 1.10 bits per heavy atom. The van der Waals surface area contributed by atoms with Crippen molar-refractivity contribution in [1.29, 1.82) is 0 Å². The van der Waals surface area contributed by atoms with Crippen LogP contribution in [0.2, 0.25) is 0 Å². The van der Waals surface area contributed by atoms with E-state index in [0.29, 0.717) is 18.4 Å². The van der Waals surface area contributed by atoms with E-state index in [0.717, 1.165) is 10.0 Å². The maximum atomic E-state index is 13.1. The molecule has 2 aromatic carbocycles. The first-order chi connectivity index (χ1) is 9.54. The number of hydrogen-bond acceptors (Lipinski definition) is 1. The molecule has 0 aliphatic rings. The van der Waals surface area contributed by atoms with Crippen LogP contribution in [0.15, 0.2) is 53.0 Å². The summed E-state index contributed by atoms with van der Waals surface area (Å²) in [7, 11) is 0. The number of benzene rings is 2. The van der Waals surface area contributed by atoms with E-state index in [-0.39, 0.29) is 5.82 Å². The highest BCUT2D eigenvalue weighted by Gasteiger charge is 2.19. The third kappa shape index (κ3) is 4.17. The Labute approximate surface area is 125 Å². The van der Waals surface area contributed by atoms with E-state index in [2.05, 4.69) is 15.9 Å². The van der Waals surface area contributed by atoms with Crippen molar-refractivity contribution in [3.05, 3.63) is 69.9 Å². The highest BCUT2D eigenvalue weighted by molar-refractivity contribution is 9.10. The number of aliphatic carboxylic acids is 1. The van der Waals surface area contributed by atoms with Gasteiger partial charge in [0.1, 0.15) is 5.82 Å². The van der Waals surface area contributed by atoms with Gasteiger partial charge in [-0.1, -0.05) is 40.2 Å². The molecule has 2 rings (SSSR count). The number of rotatable bonds is 5. The van der Waals surface area contributed by atoms with E-state index in [4.69, 9.17) is 0 Å². The zero-order valence-corrected chi connectivity index (χ0v) is 12.3. The summed E-state index contributed by atoms with van der Waals surface area (Å²) in [4.78, 5) is 11.4. The second-order valence-corrected chi connectivity index (χ2v) is 5.62. The SMILES string of the molecule is O=C(O)C(Cc1cccc(F)c1)Cc1cccc(Br)c1. The summed E-state index contributed by atoms with van der Waals surface area (Å²) in [6.45, 7) is 0. The third-order valence-electron chi connectivity index (χ3n) is 3.09. The first-order valence-corrected chi connectivity index (χ1v) is 7.05. The van der Waals surface area contributed by atoms with Crippen molar-refractivity contribution in [3.8, 4) is 0 Å². The molecular formula is C16H14BrFO2. The summed E-state index contributed by atoms with van der Waals surface area (Å²) in [5.74, 6) is -1.77. The minimum atomic E-state index is -0.866. The fraction of sp³-hybridized carbons (Fsp3) is 0.188. The Morgan fingerprint density at radius 3 is 2.25 bits per heavy atom. The molecule has 1 N–H and O–H groups in total. The highest BCUT2D eigenvalue weighted by atomic mass is 79.9. The molecule has 1 atom stereocenters. The summed E-state index contributed by atoms with van der Waals surface area (Å²) in [6, 6.07) is 13.7. The zero-order valence-electron chi connectivity index (χ0n) is 10.7. The normalized spacial score (nSPS) is 12.1. The molecule has 1 unspecified atom stereocenters. The van der Waals surface area contributed by atoms with Crippen LogP contribution in [0.4, 0.5) is 4.39 Å². The lowest BCUT2D eigenvalue weighted by Crippen LogP contribution is -2.19. The number of carboxylic acid groups (broad SMARTS) is 1. The van der Waals surface area contributed by atoms with Gasteiger partial charge in [-0.15, -0.1) is 0 Å². The second-order valence-electron chi connectivity index (χ2n) is 4.70. The van der Waals surface area contributed by atoms with Gasteiger partial charge < -0.3 is 5.11 Å². The van der Waals surface area contributed by atoms with Crippen LogP contribution < -0.4 is 0 Å². The van der Waals surface area contributed by atoms with Crippen LogP contribution in [0, 0.1) is 11.7 Å². The monoisotopic (exact) mass is 336 g/mol. The van der Waals surface area contributed by atoms with Crippen LogP contribution >= 0.6 is 15.9 Å². The standard InChI is InChI=1S/C16H14BrFO2/c17-14-5-1-3-11(9-14)7-13(16(19)20)8-12-4-2-6-15(18)10-12/h1-6,9-10,13H,7-8H2,(H,19,20). The molecule has 0 aliphatic carbocycles. The minimum Gasteiger partial charge on any atom is -0.481 e. The molecule has 0 bridgehead atoms. The van der Waals surface area contributed by atoms with E-state index in [9.17, 15) is 14.3 Å². The molecule has 20 heavy (non-hydrogen) atoms. The number of halogens is 2. The molecule has 0 aromatic heterocycles.